The van der Waals surface area contributed by atoms with E-state index in [2.05, 4.69) is 5.32 Å². The van der Waals surface area contributed by atoms with Gasteiger partial charge in [0.05, 0.1) is 9.82 Å². The van der Waals surface area contributed by atoms with Crippen LogP contribution in [-0.2, 0) is 14.6 Å². The molecule has 0 spiro atoms. The molecule has 20 heavy (non-hydrogen) atoms. The van der Waals surface area contributed by atoms with Crippen LogP contribution in [0.15, 0.2) is 29.2 Å². The van der Waals surface area contributed by atoms with Crippen LogP contribution >= 0.6 is 0 Å². The SMILES string of the molecule is O=C1NCCCCC1S(=O)(=O)c1ccc([N+](=O)[O-])cc1. The zero-order valence-corrected chi connectivity index (χ0v) is 11.4. The van der Waals surface area contributed by atoms with Crippen molar-refractivity contribution >= 4 is 21.4 Å². The van der Waals surface area contributed by atoms with Gasteiger partial charge in [0.2, 0.25) is 5.91 Å². The average molecular weight is 298 g/mol. The summed E-state index contributed by atoms with van der Waals surface area (Å²) in [7, 11) is -3.81. The van der Waals surface area contributed by atoms with Crippen LogP contribution < -0.4 is 5.32 Å². The first-order valence-electron chi connectivity index (χ1n) is 6.19. The predicted octanol–water partition coefficient (Wildman–Crippen LogP) is 1.04. The van der Waals surface area contributed by atoms with Crippen molar-refractivity contribution in [3.63, 3.8) is 0 Å². The standard InChI is InChI=1S/C12H14N2O5S/c15-12-11(3-1-2-8-13-12)20(18,19)10-6-4-9(5-7-10)14(16)17/h4-7,11H,1-3,8H2,(H,13,15). The second-order valence-corrected chi connectivity index (χ2v) is 6.70. The molecule has 1 N–H and O–H groups in total. The quantitative estimate of drug-likeness (QED) is 0.662. The van der Waals surface area contributed by atoms with Gasteiger partial charge in [-0.25, -0.2) is 8.42 Å². The number of nitrogens with zero attached hydrogens (tertiary/aromatic N) is 1. The van der Waals surface area contributed by atoms with Crippen LogP contribution in [-0.4, -0.2) is 31.0 Å². The van der Waals surface area contributed by atoms with E-state index in [-0.39, 0.29) is 17.0 Å². The Morgan fingerprint density at radius 1 is 1.20 bits per heavy atom. The molecule has 0 saturated carbocycles. The number of nitro groups is 1. The van der Waals surface area contributed by atoms with E-state index in [0.29, 0.717) is 13.0 Å². The molecule has 7 nitrogen and oxygen atoms in total. The van der Waals surface area contributed by atoms with Crippen molar-refractivity contribution in [2.24, 2.45) is 0 Å². The molecule has 8 heteroatoms. The van der Waals surface area contributed by atoms with E-state index in [1.165, 1.54) is 12.1 Å². The molecule has 108 valence electrons. The van der Waals surface area contributed by atoms with Crippen LogP contribution in [0.5, 0.6) is 0 Å². The Labute approximate surface area is 116 Å². The molecule has 1 aromatic carbocycles. The zero-order valence-electron chi connectivity index (χ0n) is 10.6. The van der Waals surface area contributed by atoms with Crippen LogP contribution in [0.4, 0.5) is 5.69 Å². The molecular formula is C12H14N2O5S. The number of carbonyl (C=O) groups excluding carboxylic acids is 1. The van der Waals surface area contributed by atoms with Gasteiger partial charge in [-0.15, -0.1) is 0 Å². The van der Waals surface area contributed by atoms with Gasteiger partial charge in [-0.05, 0) is 31.4 Å². The number of nitro benzene ring substituents is 1. The summed E-state index contributed by atoms with van der Waals surface area (Å²) in [6, 6.07) is 4.60. The van der Waals surface area contributed by atoms with E-state index in [0.717, 1.165) is 18.6 Å². The normalized spacial score (nSPS) is 20.0. The molecule has 1 amide bonds. The summed E-state index contributed by atoms with van der Waals surface area (Å²) in [5.41, 5.74) is -0.186. The third-order valence-electron chi connectivity index (χ3n) is 3.24. The summed E-state index contributed by atoms with van der Waals surface area (Å²) in [6.45, 7) is 0.477. The molecule has 1 aliphatic rings. The number of rotatable bonds is 3. The van der Waals surface area contributed by atoms with Crippen molar-refractivity contribution in [2.75, 3.05) is 6.54 Å². The van der Waals surface area contributed by atoms with Crippen molar-refractivity contribution in [3.05, 3.63) is 34.4 Å². The van der Waals surface area contributed by atoms with Crippen LogP contribution in [0.3, 0.4) is 0 Å². The summed E-state index contributed by atoms with van der Waals surface area (Å²) in [5.74, 6) is -0.499. The van der Waals surface area contributed by atoms with E-state index in [9.17, 15) is 23.3 Å². The summed E-state index contributed by atoms with van der Waals surface area (Å²) in [4.78, 5) is 21.7. The smallest absolute Gasteiger partial charge is 0.269 e. The van der Waals surface area contributed by atoms with Gasteiger partial charge in [0, 0.05) is 18.7 Å². The van der Waals surface area contributed by atoms with Crippen molar-refractivity contribution < 1.29 is 18.1 Å². The lowest BCUT2D eigenvalue weighted by Gasteiger charge is -2.14. The molecule has 1 aliphatic heterocycles. The zero-order chi connectivity index (χ0) is 14.8. The second-order valence-electron chi connectivity index (χ2n) is 4.57. The highest BCUT2D eigenvalue weighted by Crippen LogP contribution is 2.23. The van der Waals surface area contributed by atoms with E-state index < -0.39 is 25.9 Å². The fraction of sp³-hybridized carbons (Fsp3) is 0.417. The van der Waals surface area contributed by atoms with Crippen LogP contribution in [0.2, 0.25) is 0 Å². The Hall–Kier alpha value is -1.96. The molecule has 1 aromatic rings. The molecule has 0 bridgehead atoms. The summed E-state index contributed by atoms with van der Waals surface area (Å²) in [5, 5.41) is 12.0. The van der Waals surface area contributed by atoms with E-state index in [4.69, 9.17) is 0 Å². The lowest BCUT2D eigenvalue weighted by atomic mass is 10.2. The summed E-state index contributed by atoms with van der Waals surface area (Å²) < 4.78 is 24.8. The number of nitrogens with one attached hydrogen (secondary N) is 1. The minimum Gasteiger partial charge on any atom is -0.355 e. The highest BCUT2D eigenvalue weighted by Gasteiger charge is 2.34. The van der Waals surface area contributed by atoms with Gasteiger partial charge in [-0.3, -0.25) is 14.9 Å². The highest BCUT2D eigenvalue weighted by molar-refractivity contribution is 7.92. The van der Waals surface area contributed by atoms with Gasteiger partial charge < -0.3 is 5.32 Å². The Balaban J connectivity index is 2.33. The number of hydrogen-bond acceptors (Lipinski definition) is 5. The minimum atomic E-state index is -3.81. The third-order valence-corrected chi connectivity index (χ3v) is 5.36. The predicted molar refractivity (Wildman–Crippen MR) is 70.9 cm³/mol. The lowest BCUT2D eigenvalue weighted by Crippen LogP contribution is -2.38. The molecule has 1 fully saturated rings. The van der Waals surface area contributed by atoms with Crippen LogP contribution in [0.25, 0.3) is 0 Å². The fourth-order valence-corrected chi connectivity index (χ4v) is 3.82. The van der Waals surface area contributed by atoms with Crippen molar-refractivity contribution in [1.29, 1.82) is 0 Å². The van der Waals surface area contributed by atoms with E-state index in [1.54, 1.807) is 0 Å². The van der Waals surface area contributed by atoms with E-state index in [1.807, 2.05) is 0 Å². The number of amides is 1. The topological polar surface area (TPSA) is 106 Å². The van der Waals surface area contributed by atoms with Crippen molar-refractivity contribution in [2.45, 2.75) is 29.4 Å². The third kappa shape index (κ3) is 2.79. The van der Waals surface area contributed by atoms with Gasteiger partial charge in [-0.2, -0.15) is 0 Å². The van der Waals surface area contributed by atoms with Gasteiger partial charge in [0.15, 0.2) is 9.84 Å². The fourth-order valence-electron chi connectivity index (χ4n) is 2.13. The van der Waals surface area contributed by atoms with Gasteiger partial charge in [0.25, 0.3) is 5.69 Å². The largest absolute Gasteiger partial charge is 0.355 e. The van der Waals surface area contributed by atoms with Crippen LogP contribution in [0, 0.1) is 10.1 Å². The number of hydrogen-bond donors (Lipinski definition) is 1. The number of non-ortho nitro benzene ring substituents is 1. The number of carbonyl (C=O) groups is 1. The molecule has 1 unspecified atom stereocenters. The molecule has 1 saturated heterocycles. The van der Waals surface area contributed by atoms with Crippen LogP contribution in [0.1, 0.15) is 19.3 Å². The van der Waals surface area contributed by atoms with E-state index >= 15 is 0 Å². The number of sulfone groups is 1. The van der Waals surface area contributed by atoms with Gasteiger partial charge in [0.1, 0.15) is 5.25 Å². The van der Waals surface area contributed by atoms with Crippen molar-refractivity contribution in [1.82, 2.24) is 5.32 Å². The maximum atomic E-state index is 12.4. The first kappa shape index (κ1) is 14.4. The first-order valence-corrected chi connectivity index (χ1v) is 7.73. The van der Waals surface area contributed by atoms with Gasteiger partial charge >= 0.3 is 0 Å². The molecule has 0 aliphatic carbocycles. The Morgan fingerprint density at radius 3 is 2.45 bits per heavy atom. The molecule has 2 rings (SSSR count). The Bertz CT molecular complexity index is 624. The minimum absolute atomic E-state index is 0.0647. The highest BCUT2D eigenvalue weighted by atomic mass is 32.2. The molecule has 0 radical (unpaired) electrons. The Kier molecular flexibility index (Phi) is 4.03. The monoisotopic (exact) mass is 298 g/mol. The molecular weight excluding hydrogens is 284 g/mol. The molecule has 1 atom stereocenters. The average Bonchev–Trinajstić information content (AvgIpc) is 2.64. The summed E-state index contributed by atoms with van der Waals surface area (Å²) >= 11 is 0. The number of benzene rings is 1. The molecule has 0 aromatic heterocycles. The Morgan fingerprint density at radius 2 is 1.85 bits per heavy atom. The first-order chi connectivity index (χ1) is 9.43. The lowest BCUT2D eigenvalue weighted by molar-refractivity contribution is -0.384. The maximum absolute atomic E-state index is 12.4. The molecule has 1 heterocycles. The summed E-state index contributed by atoms with van der Waals surface area (Å²) in [6.07, 6.45) is 1.67. The van der Waals surface area contributed by atoms with Crippen molar-refractivity contribution in [3.8, 4) is 0 Å². The maximum Gasteiger partial charge on any atom is 0.269 e. The van der Waals surface area contributed by atoms with Gasteiger partial charge in [-0.1, -0.05) is 0 Å². The second kappa shape index (κ2) is 5.58.